The molecule has 1 heterocycles. The summed E-state index contributed by atoms with van der Waals surface area (Å²) in [6, 6.07) is 11.3. The molecule has 156 valence electrons. The molecular weight excluding hydrogens is 409 g/mol. The molecule has 2 amide bonds. The summed E-state index contributed by atoms with van der Waals surface area (Å²) < 4.78 is 23.9. The molecule has 0 aliphatic rings. The number of nitrogens with zero attached hydrogens (tertiary/aromatic N) is 1. The van der Waals surface area contributed by atoms with Crippen LogP contribution in [0.15, 0.2) is 47.8 Å². The van der Waals surface area contributed by atoms with E-state index in [2.05, 4.69) is 15.8 Å². The van der Waals surface area contributed by atoms with Crippen LogP contribution in [0.4, 0.5) is 4.39 Å². The van der Waals surface area contributed by atoms with Gasteiger partial charge in [0.05, 0.1) is 0 Å². The predicted molar refractivity (Wildman–Crippen MR) is 110 cm³/mol. The van der Waals surface area contributed by atoms with Crippen molar-refractivity contribution in [2.45, 2.75) is 20.5 Å². The molecular formula is C21H20FN3O4S. The van der Waals surface area contributed by atoms with Crippen molar-refractivity contribution in [2.75, 3.05) is 6.61 Å². The lowest BCUT2D eigenvalue weighted by Crippen LogP contribution is -2.44. The summed E-state index contributed by atoms with van der Waals surface area (Å²) in [4.78, 5) is 28.2. The Bertz CT molecular complexity index is 1040. The van der Waals surface area contributed by atoms with Crippen LogP contribution in [-0.2, 0) is 11.4 Å². The summed E-state index contributed by atoms with van der Waals surface area (Å²) in [5.41, 5.74) is 6.67. The van der Waals surface area contributed by atoms with Crippen LogP contribution in [0.2, 0.25) is 0 Å². The van der Waals surface area contributed by atoms with E-state index in [0.29, 0.717) is 16.5 Å². The Labute approximate surface area is 176 Å². The second kappa shape index (κ2) is 9.84. The smallest absolute Gasteiger partial charge is 0.289 e. The number of hydrogen-bond acceptors (Lipinski definition) is 6. The van der Waals surface area contributed by atoms with Gasteiger partial charge in [-0.25, -0.2) is 9.37 Å². The fraction of sp³-hybridized carbons (Fsp3) is 0.190. The summed E-state index contributed by atoms with van der Waals surface area (Å²) in [6.45, 7) is 3.71. The average molecular weight is 429 g/mol. The Balaban J connectivity index is 1.44. The first-order valence-electron chi connectivity index (χ1n) is 9.03. The number of thiazole rings is 1. The molecule has 0 radical (unpaired) electrons. The summed E-state index contributed by atoms with van der Waals surface area (Å²) in [5, 5.41) is 2.12. The highest BCUT2D eigenvalue weighted by atomic mass is 32.1. The molecule has 7 nitrogen and oxygen atoms in total. The van der Waals surface area contributed by atoms with Gasteiger partial charge in [-0.3, -0.25) is 20.4 Å². The highest BCUT2D eigenvalue weighted by Gasteiger charge is 2.13. The monoisotopic (exact) mass is 429 g/mol. The highest BCUT2D eigenvalue weighted by molar-refractivity contribution is 7.09. The summed E-state index contributed by atoms with van der Waals surface area (Å²) in [6.07, 6.45) is 0. The molecule has 30 heavy (non-hydrogen) atoms. The zero-order valence-electron chi connectivity index (χ0n) is 16.4. The second-order valence-electron chi connectivity index (χ2n) is 6.43. The molecule has 0 unspecified atom stereocenters. The number of carbonyl (C=O) groups excluding carboxylic acids is 2. The van der Waals surface area contributed by atoms with Crippen molar-refractivity contribution in [3.05, 3.63) is 75.5 Å². The topological polar surface area (TPSA) is 89.6 Å². The van der Waals surface area contributed by atoms with E-state index in [-0.39, 0.29) is 24.7 Å². The number of halogens is 1. The molecule has 0 aliphatic heterocycles. The highest BCUT2D eigenvalue weighted by Crippen LogP contribution is 2.19. The Hall–Kier alpha value is -3.46. The van der Waals surface area contributed by atoms with Gasteiger partial charge in [-0.2, -0.15) is 0 Å². The number of hydrazine groups is 1. The zero-order valence-corrected chi connectivity index (χ0v) is 17.2. The van der Waals surface area contributed by atoms with Crippen LogP contribution in [0.1, 0.15) is 26.6 Å². The van der Waals surface area contributed by atoms with Gasteiger partial charge in [0.1, 0.15) is 34.6 Å². The third-order valence-corrected chi connectivity index (χ3v) is 4.80. The second-order valence-corrected chi connectivity index (χ2v) is 7.37. The molecule has 0 aliphatic carbocycles. The lowest BCUT2D eigenvalue weighted by Gasteiger charge is -2.10. The minimum Gasteiger partial charge on any atom is -0.486 e. The van der Waals surface area contributed by atoms with Gasteiger partial charge < -0.3 is 9.47 Å². The molecule has 3 aromatic rings. The lowest BCUT2D eigenvalue weighted by molar-refractivity contribution is -0.123. The van der Waals surface area contributed by atoms with Gasteiger partial charge in [0.15, 0.2) is 6.61 Å². The van der Waals surface area contributed by atoms with Gasteiger partial charge in [-0.15, -0.1) is 11.3 Å². The Kier molecular flexibility index (Phi) is 6.97. The lowest BCUT2D eigenvalue weighted by atomic mass is 10.1. The van der Waals surface area contributed by atoms with Gasteiger partial charge in [0, 0.05) is 5.38 Å². The molecule has 2 aromatic carbocycles. The maximum Gasteiger partial charge on any atom is 0.289 e. The Morgan fingerprint density at radius 2 is 1.83 bits per heavy atom. The van der Waals surface area contributed by atoms with E-state index in [1.54, 1.807) is 5.38 Å². The minimum atomic E-state index is -0.556. The summed E-state index contributed by atoms with van der Waals surface area (Å²) in [5.74, 6) is -0.300. The van der Waals surface area contributed by atoms with Crippen LogP contribution in [0.3, 0.4) is 0 Å². The number of amides is 2. The number of aryl methyl sites for hydroxylation is 2. The Morgan fingerprint density at radius 3 is 2.60 bits per heavy atom. The van der Waals surface area contributed by atoms with Crippen LogP contribution in [0.25, 0.3) is 0 Å². The van der Waals surface area contributed by atoms with Crippen LogP contribution in [0, 0.1) is 19.7 Å². The molecule has 0 spiro atoms. The third-order valence-electron chi connectivity index (χ3n) is 3.98. The predicted octanol–water partition coefficient (Wildman–Crippen LogP) is 3.32. The number of aromatic nitrogens is 1. The first-order chi connectivity index (χ1) is 14.4. The minimum absolute atomic E-state index is 0.139. The van der Waals surface area contributed by atoms with Gasteiger partial charge in [-0.05, 0) is 55.3 Å². The molecule has 3 rings (SSSR count). The number of hydrogen-bond donors (Lipinski definition) is 2. The van der Waals surface area contributed by atoms with E-state index < -0.39 is 11.8 Å². The quantitative estimate of drug-likeness (QED) is 0.563. The first-order valence-corrected chi connectivity index (χ1v) is 9.90. The SMILES string of the molecule is Cc1ccc(C)c(OCC(=O)NNC(=O)c2csc(COc3ccc(F)cc3)n2)c1. The van der Waals surface area contributed by atoms with Crippen LogP contribution >= 0.6 is 11.3 Å². The van der Waals surface area contributed by atoms with Crippen molar-refractivity contribution in [2.24, 2.45) is 0 Å². The van der Waals surface area contributed by atoms with Gasteiger partial charge in [0.2, 0.25) is 0 Å². The molecule has 0 fully saturated rings. The number of benzene rings is 2. The Morgan fingerprint density at radius 1 is 1.07 bits per heavy atom. The third kappa shape index (κ3) is 6.02. The largest absolute Gasteiger partial charge is 0.486 e. The number of carbonyl (C=O) groups is 2. The number of nitrogens with one attached hydrogen (secondary N) is 2. The fourth-order valence-electron chi connectivity index (χ4n) is 2.39. The average Bonchev–Trinajstić information content (AvgIpc) is 3.21. The number of ether oxygens (including phenoxy) is 2. The van der Waals surface area contributed by atoms with Gasteiger partial charge in [0.25, 0.3) is 11.8 Å². The van der Waals surface area contributed by atoms with Crippen molar-refractivity contribution >= 4 is 23.2 Å². The van der Waals surface area contributed by atoms with Crippen molar-refractivity contribution in [1.29, 1.82) is 0 Å². The van der Waals surface area contributed by atoms with E-state index >= 15 is 0 Å². The summed E-state index contributed by atoms with van der Waals surface area (Å²) in [7, 11) is 0. The van der Waals surface area contributed by atoms with E-state index in [0.717, 1.165) is 11.1 Å². The van der Waals surface area contributed by atoms with Crippen LogP contribution in [-0.4, -0.2) is 23.4 Å². The van der Waals surface area contributed by atoms with Crippen molar-refractivity contribution in [3.8, 4) is 11.5 Å². The van der Waals surface area contributed by atoms with Crippen molar-refractivity contribution in [1.82, 2.24) is 15.8 Å². The molecule has 0 saturated carbocycles. The van der Waals surface area contributed by atoms with Crippen molar-refractivity contribution < 1.29 is 23.5 Å². The molecule has 0 bridgehead atoms. The first kappa shape index (κ1) is 21.3. The standard InChI is InChI=1S/C21H20FN3O4S/c1-13-3-4-14(2)18(9-13)29-10-19(26)24-25-21(27)17-12-30-20(23-17)11-28-16-7-5-15(22)6-8-16/h3-9,12H,10-11H2,1-2H3,(H,24,26)(H,25,27). The van der Waals surface area contributed by atoms with Crippen LogP contribution in [0.5, 0.6) is 11.5 Å². The van der Waals surface area contributed by atoms with Gasteiger partial charge >= 0.3 is 0 Å². The molecule has 0 atom stereocenters. The van der Waals surface area contributed by atoms with E-state index in [9.17, 15) is 14.0 Å². The van der Waals surface area contributed by atoms with Gasteiger partial charge in [-0.1, -0.05) is 12.1 Å². The normalized spacial score (nSPS) is 10.4. The van der Waals surface area contributed by atoms with Crippen LogP contribution < -0.4 is 20.3 Å². The van der Waals surface area contributed by atoms with E-state index in [4.69, 9.17) is 9.47 Å². The molecule has 0 saturated heterocycles. The van der Waals surface area contributed by atoms with E-state index in [1.807, 2.05) is 32.0 Å². The van der Waals surface area contributed by atoms with E-state index in [1.165, 1.54) is 35.6 Å². The fourth-order valence-corrected chi connectivity index (χ4v) is 3.08. The number of rotatable bonds is 7. The zero-order chi connectivity index (χ0) is 21.5. The molecule has 9 heteroatoms. The molecule has 2 N–H and O–H groups in total. The summed E-state index contributed by atoms with van der Waals surface area (Å²) >= 11 is 1.24. The molecule has 1 aromatic heterocycles. The maximum atomic E-state index is 12.9. The van der Waals surface area contributed by atoms with Crippen molar-refractivity contribution in [3.63, 3.8) is 0 Å². The maximum absolute atomic E-state index is 12.9.